The van der Waals surface area contributed by atoms with Crippen LogP contribution in [0.4, 0.5) is 18.9 Å². The molecule has 2 aromatic rings. The van der Waals surface area contributed by atoms with Gasteiger partial charge in [0.2, 0.25) is 5.60 Å². The monoisotopic (exact) mass is 365 g/mol. The standard InChI is InChI=1S/C18H14F3NO4/c1-10(23)25-14-9-13-15(8-12(14)18(19,20)21)26-17(2,16(24)22-13)11-6-4-3-5-7-11/h3-9H,1-2H3,(H,22,24). The van der Waals surface area contributed by atoms with E-state index in [9.17, 15) is 22.8 Å². The molecule has 1 N–H and O–H groups in total. The van der Waals surface area contributed by atoms with Crippen LogP contribution in [0.25, 0.3) is 0 Å². The van der Waals surface area contributed by atoms with E-state index in [1.54, 1.807) is 30.3 Å². The average molecular weight is 365 g/mol. The lowest BCUT2D eigenvalue weighted by atomic mass is 9.93. The summed E-state index contributed by atoms with van der Waals surface area (Å²) in [6.07, 6.45) is -4.77. The van der Waals surface area contributed by atoms with Gasteiger partial charge >= 0.3 is 12.1 Å². The molecule has 1 amide bonds. The summed E-state index contributed by atoms with van der Waals surface area (Å²) >= 11 is 0. The van der Waals surface area contributed by atoms with Crippen LogP contribution in [-0.2, 0) is 21.4 Å². The minimum absolute atomic E-state index is 0.00680. The van der Waals surface area contributed by atoms with Gasteiger partial charge in [-0.15, -0.1) is 0 Å². The van der Waals surface area contributed by atoms with Gasteiger partial charge in [0, 0.05) is 18.6 Å². The summed E-state index contributed by atoms with van der Waals surface area (Å²) in [7, 11) is 0. The van der Waals surface area contributed by atoms with Crippen LogP contribution < -0.4 is 14.8 Å². The van der Waals surface area contributed by atoms with Crippen molar-refractivity contribution in [3.63, 3.8) is 0 Å². The maximum atomic E-state index is 13.3. The Morgan fingerprint density at radius 2 is 1.85 bits per heavy atom. The molecule has 0 spiro atoms. The number of hydrogen-bond acceptors (Lipinski definition) is 4. The lowest BCUT2D eigenvalue weighted by Crippen LogP contribution is -2.45. The Morgan fingerprint density at radius 3 is 2.42 bits per heavy atom. The van der Waals surface area contributed by atoms with Gasteiger partial charge in [0.15, 0.2) is 0 Å². The van der Waals surface area contributed by atoms with Crippen molar-refractivity contribution < 1.29 is 32.2 Å². The van der Waals surface area contributed by atoms with Gasteiger partial charge in [0.25, 0.3) is 5.91 Å². The number of carbonyl (C=O) groups is 2. The molecule has 0 saturated carbocycles. The van der Waals surface area contributed by atoms with Crippen LogP contribution in [0.3, 0.4) is 0 Å². The number of esters is 1. The first-order chi connectivity index (χ1) is 12.1. The number of rotatable bonds is 2. The molecule has 0 fully saturated rings. The zero-order valence-electron chi connectivity index (χ0n) is 13.8. The summed E-state index contributed by atoms with van der Waals surface area (Å²) in [6.45, 7) is 2.45. The maximum absolute atomic E-state index is 13.3. The maximum Gasteiger partial charge on any atom is 0.420 e. The zero-order valence-corrected chi connectivity index (χ0v) is 13.8. The molecule has 136 valence electrons. The largest absolute Gasteiger partial charge is 0.471 e. The number of hydrogen-bond donors (Lipinski definition) is 1. The number of fused-ring (bicyclic) bond motifs is 1. The molecular weight excluding hydrogens is 351 g/mol. The van der Waals surface area contributed by atoms with Gasteiger partial charge in [0.05, 0.1) is 5.69 Å². The number of halogens is 3. The lowest BCUT2D eigenvalue weighted by molar-refractivity contribution is -0.141. The quantitative estimate of drug-likeness (QED) is 0.648. The van der Waals surface area contributed by atoms with E-state index in [1.807, 2.05) is 0 Å². The number of ether oxygens (including phenoxy) is 2. The Labute approximate surface area is 146 Å². The first-order valence-electron chi connectivity index (χ1n) is 7.61. The van der Waals surface area contributed by atoms with Crippen molar-refractivity contribution in [1.29, 1.82) is 0 Å². The third kappa shape index (κ3) is 3.10. The molecular formula is C18H14F3NO4. The molecule has 1 unspecified atom stereocenters. The second-order valence-corrected chi connectivity index (χ2v) is 5.89. The average Bonchev–Trinajstić information content (AvgIpc) is 2.55. The molecule has 26 heavy (non-hydrogen) atoms. The summed E-state index contributed by atoms with van der Waals surface area (Å²) in [5.74, 6) is -2.33. The van der Waals surface area contributed by atoms with Gasteiger partial charge in [-0.25, -0.2) is 0 Å². The van der Waals surface area contributed by atoms with E-state index in [4.69, 9.17) is 4.74 Å². The van der Waals surface area contributed by atoms with E-state index in [2.05, 4.69) is 10.1 Å². The smallest absolute Gasteiger partial charge is 0.420 e. The number of amides is 1. The van der Waals surface area contributed by atoms with Crippen molar-refractivity contribution in [2.24, 2.45) is 0 Å². The predicted octanol–water partition coefficient (Wildman–Crippen LogP) is 3.88. The van der Waals surface area contributed by atoms with Crippen LogP contribution in [0.2, 0.25) is 0 Å². The first-order valence-corrected chi connectivity index (χ1v) is 7.61. The Balaban J connectivity index is 2.11. The second kappa shape index (κ2) is 6.05. The summed E-state index contributed by atoms with van der Waals surface area (Å²) in [5.41, 5.74) is -2.19. The van der Waals surface area contributed by atoms with Crippen molar-refractivity contribution in [3.05, 3.63) is 53.6 Å². The van der Waals surface area contributed by atoms with Gasteiger partial charge in [0.1, 0.15) is 17.1 Å². The van der Waals surface area contributed by atoms with Crippen molar-refractivity contribution in [2.45, 2.75) is 25.6 Å². The molecule has 1 aliphatic heterocycles. The molecule has 3 rings (SSSR count). The highest BCUT2D eigenvalue weighted by Crippen LogP contribution is 2.46. The van der Waals surface area contributed by atoms with E-state index < -0.39 is 35.0 Å². The molecule has 0 saturated heterocycles. The Morgan fingerprint density at radius 1 is 1.19 bits per heavy atom. The van der Waals surface area contributed by atoms with Crippen molar-refractivity contribution in [2.75, 3.05) is 5.32 Å². The van der Waals surface area contributed by atoms with Crippen molar-refractivity contribution in [3.8, 4) is 11.5 Å². The summed E-state index contributed by atoms with van der Waals surface area (Å²) in [5, 5.41) is 2.52. The summed E-state index contributed by atoms with van der Waals surface area (Å²) in [4.78, 5) is 23.6. The van der Waals surface area contributed by atoms with Crippen LogP contribution >= 0.6 is 0 Å². The molecule has 5 nitrogen and oxygen atoms in total. The van der Waals surface area contributed by atoms with E-state index in [-0.39, 0.29) is 11.4 Å². The fourth-order valence-electron chi connectivity index (χ4n) is 2.66. The SMILES string of the molecule is CC(=O)Oc1cc2c(cc1C(F)(F)F)OC(C)(c1ccccc1)C(=O)N2. The minimum Gasteiger partial charge on any atom is -0.471 e. The highest BCUT2D eigenvalue weighted by atomic mass is 19.4. The van der Waals surface area contributed by atoms with Gasteiger partial charge in [-0.1, -0.05) is 30.3 Å². The molecule has 8 heteroatoms. The molecule has 0 radical (unpaired) electrons. The van der Waals surface area contributed by atoms with Gasteiger partial charge in [-0.3, -0.25) is 9.59 Å². The van der Waals surface area contributed by atoms with Crippen LogP contribution in [0.5, 0.6) is 11.5 Å². The van der Waals surface area contributed by atoms with Gasteiger partial charge in [-0.2, -0.15) is 13.2 Å². The molecule has 0 aromatic heterocycles. The molecule has 0 aliphatic carbocycles. The van der Waals surface area contributed by atoms with Crippen molar-refractivity contribution >= 4 is 17.6 Å². The summed E-state index contributed by atoms with van der Waals surface area (Å²) < 4.78 is 50.3. The fourth-order valence-corrected chi connectivity index (χ4v) is 2.66. The molecule has 1 atom stereocenters. The van der Waals surface area contributed by atoms with Crippen LogP contribution in [0.15, 0.2) is 42.5 Å². The second-order valence-electron chi connectivity index (χ2n) is 5.89. The van der Waals surface area contributed by atoms with Gasteiger partial charge in [-0.05, 0) is 13.0 Å². The third-order valence-corrected chi connectivity index (χ3v) is 3.96. The Hall–Kier alpha value is -3.03. The van der Waals surface area contributed by atoms with E-state index in [0.717, 1.165) is 13.0 Å². The Kier molecular flexibility index (Phi) is 4.14. The minimum atomic E-state index is -4.77. The first kappa shape index (κ1) is 17.8. The number of alkyl halides is 3. The highest BCUT2D eigenvalue weighted by Gasteiger charge is 2.44. The van der Waals surface area contributed by atoms with E-state index in [1.165, 1.54) is 6.92 Å². The molecule has 1 heterocycles. The predicted molar refractivity (Wildman–Crippen MR) is 85.8 cm³/mol. The number of carbonyl (C=O) groups excluding carboxylic acids is 2. The van der Waals surface area contributed by atoms with E-state index in [0.29, 0.717) is 11.6 Å². The topological polar surface area (TPSA) is 64.6 Å². The normalized spacial score (nSPS) is 19.2. The van der Waals surface area contributed by atoms with Crippen LogP contribution in [0, 0.1) is 0 Å². The van der Waals surface area contributed by atoms with E-state index >= 15 is 0 Å². The highest BCUT2D eigenvalue weighted by molar-refractivity contribution is 6.01. The lowest BCUT2D eigenvalue weighted by Gasteiger charge is -2.35. The molecule has 2 aromatic carbocycles. The van der Waals surface area contributed by atoms with Crippen LogP contribution in [-0.4, -0.2) is 11.9 Å². The number of benzene rings is 2. The number of nitrogens with one attached hydrogen (secondary N) is 1. The molecule has 1 aliphatic rings. The zero-order chi connectivity index (χ0) is 19.1. The number of anilines is 1. The summed E-state index contributed by atoms with van der Waals surface area (Å²) in [6, 6.07) is 10.1. The fraction of sp³-hybridized carbons (Fsp3) is 0.222. The third-order valence-electron chi connectivity index (χ3n) is 3.96. The molecule has 0 bridgehead atoms. The van der Waals surface area contributed by atoms with Gasteiger partial charge < -0.3 is 14.8 Å². The Bertz CT molecular complexity index is 880. The van der Waals surface area contributed by atoms with Crippen molar-refractivity contribution in [1.82, 2.24) is 0 Å². The van der Waals surface area contributed by atoms with Crippen LogP contribution in [0.1, 0.15) is 25.0 Å².